The molecule has 0 saturated carbocycles. The van der Waals surface area contributed by atoms with Gasteiger partial charge in [0.2, 0.25) is 0 Å². The number of carbonyl (C=O) groups is 1. The van der Waals surface area contributed by atoms with Gasteiger partial charge in [-0.3, -0.25) is 0 Å². The van der Waals surface area contributed by atoms with Crippen molar-refractivity contribution in [2.24, 2.45) is 7.05 Å². The van der Waals surface area contributed by atoms with Crippen LogP contribution in [0.4, 0.5) is 0 Å². The summed E-state index contributed by atoms with van der Waals surface area (Å²) in [7, 11) is -0.0400. The normalized spacial score (nSPS) is 11.5. The number of benzene rings is 3. The molecule has 1 aromatic heterocycles. The molecular weight excluding hydrogens is 409 g/mol. The average Bonchev–Trinajstić information content (AvgIpc) is 3.12. The topological polar surface area (TPSA) is 57.5 Å². The fourth-order valence-corrected chi connectivity index (χ4v) is 7.02. The molecule has 6 heteroatoms. The minimum Gasteiger partial charge on any atom is -0.497 e. The van der Waals surface area contributed by atoms with Crippen molar-refractivity contribution in [3.8, 4) is 5.75 Å². The number of ether oxygens (including phenoxy) is 2. The van der Waals surface area contributed by atoms with E-state index in [2.05, 4.69) is 0 Å². The summed E-state index contributed by atoms with van der Waals surface area (Å²) in [5, 5.41) is 2.49. The molecule has 5 nitrogen and oxygen atoms in total. The Labute approximate surface area is 181 Å². The average molecular weight is 433 g/mol. The largest absolute Gasteiger partial charge is 0.497 e. The summed E-state index contributed by atoms with van der Waals surface area (Å²) in [5.74, 6) is 0.129. The lowest BCUT2D eigenvalue weighted by atomic mass is 10.2. The Bertz CT molecular complexity index is 1240. The zero-order valence-electron chi connectivity index (χ0n) is 17.7. The maximum Gasteiger partial charge on any atom is 0.355 e. The van der Waals surface area contributed by atoms with E-state index in [4.69, 9.17) is 9.47 Å². The van der Waals surface area contributed by atoms with Gasteiger partial charge in [0.25, 0.3) is 0 Å². The molecule has 0 fully saturated rings. The van der Waals surface area contributed by atoms with E-state index in [1.165, 1.54) is 0 Å². The molecule has 0 amide bonds. The number of nitrogens with zero attached hydrogens (tertiary/aromatic N) is 1. The van der Waals surface area contributed by atoms with Gasteiger partial charge in [-0.15, -0.1) is 0 Å². The number of methoxy groups -OCH3 is 1. The first-order chi connectivity index (χ1) is 15.0. The van der Waals surface area contributed by atoms with Crippen molar-refractivity contribution < 1.29 is 18.8 Å². The van der Waals surface area contributed by atoms with Crippen molar-refractivity contribution in [1.29, 1.82) is 0 Å². The Morgan fingerprint density at radius 2 is 1.52 bits per heavy atom. The molecule has 3 aromatic carbocycles. The van der Waals surface area contributed by atoms with Gasteiger partial charge in [-0.1, -0.05) is 60.7 Å². The number of esters is 1. The van der Waals surface area contributed by atoms with Crippen LogP contribution in [0.2, 0.25) is 0 Å². The second kappa shape index (κ2) is 8.44. The van der Waals surface area contributed by atoms with Gasteiger partial charge in [-0.25, -0.2) is 4.79 Å². The Morgan fingerprint density at radius 1 is 0.935 bits per heavy atom. The van der Waals surface area contributed by atoms with Crippen molar-refractivity contribution in [2.45, 2.75) is 6.92 Å². The number of hydrogen-bond acceptors (Lipinski definition) is 4. The number of hydrogen-bond donors (Lipinski definition) is 0. The molecule has 0 N–H and O–H groups in total. The van der Waals surface area contributed by atoms with Crippen LogP contribution < -0.4 is 20.7 Å². The highest BCUT2D eigenvalue weighted by atomic mass is 31.2. The van der Waals surface area contributed by atoms with Crippen molar-refractivity contribution >= 4 is 39.9 Å². The van der Waals surface area contributed by atoms with Crippen LogP contribution in [-0.4, -0.2) is 24.3 Å². The van der Waals surface area contributed by atoms with Crippen LogP contribution in [-0.2, 0) is 16.3 Å². The zero-order valence-corrected chi connectivity index (χ0v) is 18.6. The molecule has 0 bridgehead atoms. The van der Waals surface area contributed by atoms with Crippen LogP contribution in [0.3, 0.4) is 0 Å². The lowest BCUT2D eigenvalue weighted by Gasteiger charge is -2.21. The molecule has 0 atom stereocenters. The highest BCUT2D eigenvalue weighted by Crippen LogP contribution is 2.46. The molecule has 4 aromatic rings. The number of aryl methyl sites for hydroxylation is 1. The maximum absolute atomic E-state index is 15.1. The van der Waals surface area contributed by atoms with Crippen molar-refractivity contribution in [2.75, 3.05) is 13.7 Å². The third-order valence-corrected chi connectivity index (χ3v) is 8.54. The molecule has 0 unspecified atom stereocenters. The first-order valence-electron chi connectivity index (χ1n) is 10.1. The summed E-state index contributed by atoms with van der Waals surface area (Å²) in [6, 6.07) is 24.2. The molecule has 0 aliphatic heterocycles. The number of aromatic nitrogens is 1. The molecule has 1 heterocycles. The standard InChI is InChI=1S/C25H24NO4P/c1-4-30-25(27)23-24(21-17-18(29-3)15-16-22(21)26(23)2)31(28,19-11-7-5-8-12-19)20-13-9-6-10-14-20/h5-17H,4H2,1-3H3. The summed E-state index contributed by atoms with van der Waals surface area (Å²) in [4.78, 5) is 13.1. The summed E-state index contributed by atoms with van der Waals surface area (Å²) >= 11 is 0. The predicted octanol–water partition coefficient (Wildman–Crippen LogP) is 4.00. The predicted molar refractivity (Wildman–Crippen MR) is 125 cm³/mol. The van der Waals surface area contributed by atoms with Gasteiger partial charge in [0.05, 0.1) is 19.0 Å². The SMILES string of the molecule is CCOC(=O)c1c(P(=O)(c2ccccc2)c2ccccc2)c2cc(OC)ccc2n1C. The van der Waals surface area contributed by atoms with E-state index in [-0.39, 0.29) is 6.61 Å². The number of rotatable bonds is 6. The minimum absolute atomic E-state index is 0.226. The van der Waals surface area contributed by atoms with Crippen LogP contribution >= 0.6 is 7.14 Å². The summed E-state index contributed by atoms with van der Waals surface area (Å²) in [6.07, 6.45) is 0. The molecule has 0 spiro atoms. The van der Waals surface area contributed by atoms with Crippen LogP contribution in [0.5, 0.6) is 5.75 Å². The van der Waals surface area contributed by atoms with Gasteiger partial charge in [-0.05, 0) is 25.1 Å². The molecular formula is C25H24NO4P. The van der Waals surface area contributed by atoms with E-state index < -0.39 is 13.1 Å². The number of fused-ring (bicyclic) bond motifs is 1. The van der Waals surface area contributed by atoms with Crippen molar-refractivity contribution in [3.05, 3.63) is 84.6 Å². The quantitative estimate of drug-likeness (QED) is 0.341. The Kier molecular flexibility index (Phi) is 5.71. The van der Waals surface area contributed by atoms with E-state index in [0.717, 1.165) is 5.52 Å². The monoisotopic (exact) mass is 433 g/mol. The molecule has 158 valence electrons. The highest BCUT2D eigenvalue weighted by Gasteiger charge is 2.38. The van der Waals surface area contributed by atoms with Crippen LogP contribution in [0.15, 0.2) is 78.9 Å². The van der Waals surface area contributed by atoms with E-state index in [1.807, 2.05) is 78.9 Å². The Balaban J connectivity index is 2.18. The van der Waals surface area contributed by atoms with Crippen LogP contribution in [0.25, 0.3) is 10.9 Å². The molecule has 0 radical (unpaired) electrons. The van der Waals surface area contributed by atoms with E-state index in [0.29, 0.717) is 32.7 Å². The summed E-state index contributed by atoms with van der Waals surface area (Å²) in [6.45, 7) is 1.99. The van der Waals surface area contributed by atoms with Gasteiger partial charge in [0.15, 0.2) is 7.14 Å². The first kappa shape index (κ1) is 21.0. The molecule has 0 aliphatic rings. The lowest BCUT2D eigenvalue weighted by molar-refractivity contribution is 0.0517. The van der Waals surface area contributed by atoms with Crippen molar-refractivity contribution in [3.63, 3.8) is 0 Å². The second-order valence-corrected chi connectivity index (χ2v) is 9.84. The van der Waals surface area contributed by atoms with Crippen LogP contribution in [0.1, 0.15) is 17.4 Å². The van der Waals surface area contributed by atoms with E-state index in [9.17, 15) is 4.79 Å². The highest BCUT2D eigenvalue weighted by molar-refractivity contribution is 7.85. The minimum atomic E-state index is -3.42. The van der Waals surface area contributed by atoms with E-state index in [1.54, 1.807) is 25.6 Å². The van der Waals surface area contributed by atoms with Crippen molar-refractivity contribution in [1.82, 2.24) is 4.57 Å². The van der Waals surface area contributed by atoms with Gasteiger partial charge in [0.1, 0.15) is 11.4 Å². The summed E-state index contributed by atoms with van der Waals surface area (Å²) in [5.41, 5.74) is 1.08. The molecule has 4 rings (SSSR count). The zero-order chi connectivity index (χ0) is 22.0. The fourth-order valence-electron chi connectivity index (χ4n) is 3.97. The van der Waals surface area contributed by atoms with Gasteiger partial charge in [0, 0.05) is 28.6 Å². The van der Waals surface area contributed by atoms with Crippen LogP contribution in [0, 0.1) is 0 Å². The first-order valence-corrected chi connectivity index (χ1v) is 11.8. The molecule has 0 saturated heterocycles. The lowest BCUT2D eigenvalue weighted by Crippen LogP contribution is -2.29. The van der Waals surface area contributed by atoms with Gasteiger partial charge >= 0.3 is 5.97 Å². The van der Waals surface area contributed by atoms with E-state index >= 15 is 4.57 Å². The third-order valence-electron chi connectivity index (χ3n) is 5.40. The second-order valence-electron chi connectivity index (χ2n) is 7.14. The van der Waals surface area contributed by atoms with Gasteiger partial charge < -0.3 is 18.6 Å². The molecule has 31 heavy (non-hydrogen) atoms. The smallest absolute Gasteiger partial charge is 0.355 e. The number of carbonyl (C=O) groups excluding carboxylic acids is 1. The fraction of sp³-hybridized carbons (Fsp3) is 0.160. The Hall–Kier alpha value is -3.30. The third kappa shape index (κ3) is 3.45. The molecule has 0 aliphatic carbocycles. The summed E-state index contributed by atoms with van der Waals surface area (Å²) < 4.78 is 27.7. The van der Waals surface area contributed by atoms with Gasteiger partial charge in [-0.2, -0.15) is 0 Å². The maximum atomic E-state index is 15.1. The Morgan fingerprint density at radius 3 is 2.03 bits per heavy atom.